The maximum absolute atomic E-state index is 6.17. The smallest absolute Gasteiger partial charge is 0.124 e. The van der Waals surface area contributed by atoms with Crippen LogP contribution in [0.4, 0.5) is 0 Å². The van der Waals surface area contributed by atoms with E-state index in [1.807, 2.05) is 32.0 Å². The molecule has 1 N–H and O–H groups in total. The molecule has 0 aliphatic heterocycles. The average molecular weight is 308 g/mol. The van der Waals surface area contributed by atoms with Crippen LogP contribution < -0.4 is 10.1 Å². The van der Waals surface area contributed by atoms with E-state index in [1.165, 1.54) is 0 Å². The van der Waals surface area contributed by atoms with Crippen LogP contribution in [0, 0.1) is 13.8 Å². The summed E-state index contributed by atoms with van der Waals surface area (Å²) in [7, 11) is 0. The van der Waals surface area contributed by atoms with Gasteiger partial charge in [0.25, 0.3) is 0 Å². The molecule has 114 valence electrons. The Morgan fingerprint density at radius 1 is 1.24 bits per heavy atom. The first-order valence-electron chi connectivity index (χ1n) is 7.27. The van der Waals surface area contributed by atoms with Gasteiger partial charge in [0.15, 0.2) is 0 Å². The van der Waals surface area contributed by atoms with E-state index >= 15 is 0 Å². The summed E-state index contributed by atoms with van der Waals surface area (Å²) < 4.78 is 11.4. The van der Waals surface area contributed by atoms with Gasteiger partial charge < -0.3 is 14.5 Å². The number of halogens is 1. The molecule has 0 aliphatic rings. The largest absolute Gasteiger partial charge is 0.489 e. The number of aryl methyl sites for hydroxylation is 2. The fourth-order valence-corrected chi connectivity index (χ4v) is 2.29. The molecule has 0 radical (unpaired) electrons. The Morgan fingerprint density at radius 3 is 2.62 bits per heavy atom. The number of benzene rings is 1. The van der Waals surface area contributed by atoms with Gasteiger partial charge in [-0.2, -0.15) is 0 Å². The molecule has 0 aliphatic carbocycles. The number of nitrogens with one attached hydrogen (secondary N) is 1. The summed E-state index contributed by atoms with van der Waals surface area (Å²) in [6, 6.07) is 5.88. The highest BCUT2D eigenvalue weighted by molar-refractivity contribution is 6.32. The number of ether oxygens (including phenoxy) is 1. The van der Waals surface area contributed by atoms with Crippen molar-refractivity contribution in [2.24, 2.45) is 0 Å². The summed E-state index contributed by atoms with van der Waals surface area (Å²) in [6.07, 6.45) is 2.82. The Hall–Kier alpha value is -1.45. The molecule has 21 heavy (non-hydrogen) atoms. The molecule has 0 amide bonds. The van der Waals surface area contributed by atoms with E-state index in [0.717, 1.165) is 52.7 Å². The second-order valence-corrected chi connectivity index (χ2v) is 5.58. The Morgan fingerprint density at radius 2 is 1.95 bits per heavy atom. The molecule has 0 atom stereocenters. The molecular formula is C17H22ClNO2. The third-order valence-corrected chi connectivity index (χ3v) is 3.95. The van der Waals surface area contributed by atoms with Crippen molar-refractivity contribution in [1.82, 2.24) is 5.32 Å². The molecule has 0 bridgehead atoms. The van der Waals surface area contributed by atoms with Crippen molar-refractivity contribution in [1.29, 1.82) is 0 Å². The van der Waals surface area contributed by atoms with Crippen LogP contribution >= 0.6 is 11.6 Å². The zero-order valence-electron chi connectivity index (χ0n) is 12.8. The van der Waals surface area contributed by atoms with E-state index in [1.54, 1.807) is 6.26 Å². The summed E-state index contributed by atoms with van der Waals surface area (Å²) in [6.45, 7) is 8.33. The zero-order chi connectivity index (χ0) is 15.2. The third kappa shape index (κ3) is 4.26. The van der Waals surface area contributed by atoms with Gasteiger partial charge in [0.1, 0.15) is 18.1 Å². The van der Waals surface area contributed by atoms with E-state index < -0.39 is 0 Å². The summed E-state index contributed by atoms with van der Waals surface area (Å²) in [5.74, 6) is 1.77. The number of rotatable bonds is 7. The molecule has 0 saturated heterocycles. The average Bonchev–Trinajstić information content (AvgIpc) is 2.90. The quantitative estimate of drug-likeness (QED) is 0.757. The van der Waals surface area contributed by atoms with Gasteiger partial charge in [-0.15, -0.1) is 0 Å². The van der Waals surface area contributed by atoms with Gasteiger partial charge in [0, 0.05) is 10.6 Å². The van der Waals surface area contributed by atoms with Crippen LogP contribution in [-0.4, -0.2) is 6.54 Å². The van der Waals surface area contributed by atoms with Gasteiger partial charge in [0.05, 0.1) is 12.8 Å². The van der Waals surface area contributed by atoms with Crippen LogP contribution in [0.5, 0.6) is 5.75 Å². The Kier molecular flexibility index (Phi) is 5.71. The van der Waals surface area contributed by atoms with Crippen molar-refractivity contribution in [3.05, 3.63) is 51.9 Å². The van der Waals surface area contributed by atoms with Crippen LogP contribution in [0.15, 0.2) is 28.9 Å². The maximum atomic E-state index is 6.17. The normalized spacial score (nSPS) is 10.9. The molecular weight excluding hydrogens is 286 g/mol. The molecule has 2 aromatic rings. The third-order valence-electron chi connectivity index (χ3n) is 3.35. The first kappa shape index (κ1) is 15.9. The van der Waals surface area contributed by atoms with E-state index in [0.29, 0.717) is 6.61 Å². The first-order chi connectivity index (χ1) is 10.1. The van der Waals surface area contributed by atoms with Crippen molar-refractivity contribution in [3.63, 3.8) is 0 Å². The topological polar surface area (TPSA) is 34.4 Å². The predicted octanol–water partition coefficient (Wildman–Crippen LogP) is 4.63. The highest BCUT2D eigenvalue weighted by Crippen LogP contribution is 2.26. The van der Waals surface area contributed by atoms with Crippen molar-refractivity contribution in [2.45, 2.75) is 40.3 Å². The van der Waals surface area contributed by atoms with Gasteiger partial charge in [-0.05, 0) is 56.1 Å². The minimum Gasteiger partial charge on any atom is -0.489 e. The minimum absolute atomic E-state index is 0.500. The Labute approximate surface area is 131 Å². The second kappa shape index (κ2) is 7.53. The van der Waals surface area contributed by atoms with E-state index in [4.69, 9.17) is 20.8 Å². The lowest BCUT2D eigenvalue weighted by Crippen LogP contribution is -2.14. The molecule has 0 saturated carbocycles. The van der Waals surface area contributed by atoms with Crippen LogP contribution in [0.3, 0.4) is 0 Å². The highest BCUT2D eigenvalue weighted by atomic mass is 35.5. The minimum atomic E-state index is 0.500. The van der Waals surface area contributed by atoms with Gasteiger partial charge >= 0.3 is 0 Å². The molecule has 4 heteroatoms. The molecule has 3 nitrogen and oxygen atoms in total. The maximum Gasteiger partial charge on any atom is 0.124 e. The SMILES string of the molecule is CCCNCc1occc1COc1cc(C)c(Cl)c(C)c1. The molecule has 2 rings (SSSR count). The van der Waals surface area contributed by atoms with E-state index in [9.17, 15) is 0 Å². The second-order valence-electron chi connectivity index (χ2n) is 5.21. The lowest BCUT2D eigenvalue weighted by Gasteiger charge is -2.10. The molecule has 1 aromatic heterocycles. The number of hydrogen-bond acceptors (Lipinski definition) is 3. The zero-order valence-corrected chi connectivity index (χ0v) is 13.6. The molecule has 1 aromatic carbocycles. The van der Waals surface area contributed by atoms with E-state index in [-0.39, 0.29) is 0 Å². The van der Waals surface area contributed by atoms with E-state index in [2.05, 4.69) is 12.2 Å². The highest BCUT2D eigenvalue weighted by Gasteiger charge is 2.08. The van der Waals surface area contributed by atoms with Crippen molar-refractivity contribution < 1.29 is 9.15 Å². The summed E-state index contributed by atoms with van der Waals surface area (Å²) in [4.78, 5) is 0. The van der Waals surface area contributed by atoms with Gasteiger partial charge in [-0.25, -0.2) is 0 Å². The number of hydrogen-bond donors (Lipinski definition) is 1. The monoisotopic (exact) mass is 307 g/mol. The molecule has 0 unspecified atom stereocenters. The molecule has 0 spiro atoms. The van der Waals surface area contributed by atoms with Gasteiger partial charge in [0.2, 0.25) is 0 Å². The summed E-state index contributed by atoms with van der Waals surface area (Å²) in [5, 5.41) is 4.14. The predicted molar refractivity (Wildman–Crippen MR) is 86.0 cm³/mol. The van der Waals surface area contributed by atoms with Gasteiger partial charge in [-0.1, -0.05) is 18.5 Å². The van der Waals surface area contributed by atoms with Gasteiger partial charge in [-0.3, -0.25) is 0 Å². The van der Waals surface area contributed by atoms with Crippen LogP contribution in [-0.2, 0) is 13.2 Å². The van der Waals surface area contributed by atoms with Crippen LogP contribution in [0.1, 0.15) is 35.8 Å². The standard InChI is InChI=1S/C17H22ClNO2/c1-4-6-19-10-16-14(5-7-20-16)11-21-15-8-12(2)17(18)13(3)9-15/h5,7-9,19H,4,6,10-11H2,1-3H3. The first-order valence-corrected chi connectivity index (χ1v) is 7.65. The Bertz CT molecular complexity index is 569. The Balaban J connectivity index is 1.99. The lowest BCUT2D eigenvalue weighted by atomic mass is 10.1. The summed E-state index contributed by atoms with van der Waals surface area (Å²) in [5.41, 5.74) is 3.14. The van der Waals surface area contributed by atoms with Crippen LogP contribution in [0.25, 0.3) is 0 Å². The fourth-order valence-electron chi connectivity index (χ4n) is 2.18. The fraction of sp³-hybridized carbons (Fsp3) is 0.412. The summed E-state index contributed by atoms with van der Waals surface area (Å²) >= 11 is 6.17. The van der Waals surface area contributed by atoms with Crippen LogP contribution in [0.2, 0.25) is 5.02 Å². The molecule has 0 fully saturated rings. The van der Waals surface area contributed by atoms with Crippen molar-refractivity contribution >= 4 is 11.6 Å². The number of furan rings is 1. The van der Waals surface area contributed by atoms with Crippen molar-refractivity contribution in [2.75, 3.05) is 6.54 Å². The lowest BCUT2D eigenvalue weighted by molar-refractivity contribution is 0.301. The van der Waals surface area contributed by atoms with Crippen molar-refractivity contribution in [3.8, 4) is 5.75 Å². The molecule has 1 heterocycles.